The van der Waals surface area contributed by atoms with Crippen LogP contribution >= 0.6 is 11.6 Å². The van der Waals surface area contributed by atoms with E-state index in [4.69, 9.17) is 35.6 Å². The molecule has 1 aliphatic heterocycles. The number of likely N-dealkylation sites (N-methyl/N-ethyl adjacent to an activating group) is 1. The molecule has 0 amide bonds. The molecule has 2 fully saturated rings. The van der Waals surface area contributed by atoms with Crippen molar-refractivity contribution in [2.75, 3.05) is 40.4 Å². The average Bonchev–Trinajstić information content (AvgIpc) is 3.22. The lowest BCUT2D eigenvalue weighted by Crippen LogP contribution is -2.61. The molecule has 2 aromatic heterocycles. The van der Waals surface area contributed by atoms with E-state index in [-0.39, 0.29) is 6.61 Å². The van der Waals surface area contributed by atoms with E-state index >= 15 is 0 Å². The lowest BCUT2D eigenvalue weighted by Gasteiger charge is -2.59. The van der Waals surface area contributed by atoms with Gasteiger partial charge in [0.25, 0.3) is 0 Å². The maximum Gasteiger partial charge on any atom is 0.181 e. The smallest absolute Gasteiger partial charge is 0.181 e. The first-order valence-corrected chi connectivity index (χ1v) is 14.0. The molecule has 1 saturated heterocycles. The van der Waals surface area contributed by atoms with Crippen molar-refractivity contribution in [3.8, 4) is 28.4 Å². The van der Waals surface area contributed by atoms with Gasteiger partial charge in [-0.25, -0.2) is 9.97 Å². The molecule has 5 rings (SSSR count). The molecule has 40 heavy (non-hydrogen) atoms. The van der Waals surface area contributed by atoms with Gasteiger partial charge in [-0.2, -0.15) is 0 Å². The monoisotopic (exact) mass is 567 g/mol. The molecule has 1 spiro atoms. The van der Waals surface area contributed by atoms with Crippen LogP contribution < -0.4 is 10.1 Å². The molecular weight excluding hydrogens is 530 g/mol. The molecule has 3 heterocycles. The Morgan fingerprint density at radius 1 is 1.27 bits per heavy atom. The highest BCUT2D eigenvalue weighted by atomic mass is 35.5. The van der Waals surface area contributed by atoms with Crippen LogP contribution in [-0.4, -0.2) is 71.6 Å². The van der Waals surface area contributed by atoms with E-state index in [9.17, 15) is 5.11 Å². The number of aliphatic hydroxyl groups excluding tert-OH is 1. The minimum atomic E-state index is -0.626. The van der Waals surface area contributed by atoms with Gasteiger partial charge < -0.3 is 29.3 Å². The molecular formula is C30H38ClN5O4. The summed E-state index contributed by atoms with van der Waals surface area (Å²) >= 11 is 6.69. The highest BCUT2D eigenvalue weighted by Crippen LogP contribution is 2.54. The Balaban J connectivity index is 1.44. The summed E-state index contributed by atoms with van der Waals surface area (Å²) < 4.78 is 16.7. The van der Waals surface area contributed by atoms with Gasteiger partial charge in [0.05, 0.1) is 29.1 Å². The Hall–Kier alpha value is -3.14. The van der Waals surface area contributed by atoms with Crippen molar-refractivity contribution < 1.29 is 19.1 Å². The molecule has 9 nitrogen and oxygen atoms in total. The predicted octanol–water partition coefficient (Wildman–Crippen LogP) is 4.71. The number of methoxy groups -OCH3 is 1. The van der Waals surface area contributed by atoms with Gasteiger partial charge >= 0.3 is 0 Å². The van der Waals surface area contributed by atoms with Crippen molar-refractivity contribution in [3.05, 3.63) is 58.4 Å². The molecule has 1 unspecified atom stereocenters. The molecule has 1 atom stereocenters. The Morgan fingerprint density at radius 2 is 2.02 bits per heavy atom. The van der Waals surface area contributed by atoms with E-state index in [0.29, 0.717) is 45.8 Å². The van der Waals surface area contributed by atoms with E-state index in [2.05, 4.69) is 28.9 Å². The maximum absolute atomic E-state index is 10.1. The zero-order valence-corrected chi connectivity index (χ0v) is 24.6. The summed E-state index contributed by atoms with van der Waals surface area (Å²) in [5.41, 5.74) is 5.54. The van der Waals surface area contributed by atoms with Crippen LogP contribution in [-0.2, 0) is 11.2 Å². The highest BCUT2D eigenvalue weighted by Gasteiger charge is 2.52. The van der Waals surface area contributed by atoms with Gasteiger partial charge in [0, 0.05) is 36.3 Å². The molecule has 2 N–H and O–H groups in total. The Bertz CT molecular complexity index is 1370. The Labute approximate surface area is 240 Å². The van der Waals surface area contributed by atoms with Crippen LogP contribution in [0.2, 0.25) is 5.02 Å². The quantitative estimate of drug-likeness (QED) is 0.319. The number of hydrogen-bond acceptors (Lipinski definition) is 9. The zero-order valence-electron chi connectivity index (χ0n) is 23.9. The summed E-state index contributed by atoms with van der Waals surface area (Å²) in [5.74, 6) is 3.12. The van der Waals surface area contributed by atoms with Gasteiger partial charge in [0.15, 0.2) is 11.7 Å². The molecule has 1 saturated carbocycles. The average molecular weight is 568 g/mol. The third-order valence-electron chi connectivity index (χ3n) is 8.14. The number of halogens is 1. The van der Waals surface area contributed by atoms with Crippen molar-refractivity contribution >= 4 is 11.6 Å². The largest absolute Gasteiger partial charge is 0.491 e. The van der Waals surface area contributed by atoms with Gasteiger partial charge in [-0.05, 0) is 83.3 Å². The van der Waals surface area contributed by atoms with Crippen LogP contribution in [0.4, 0.5) is 0 Å². The van der Waals surface area contributed by atoms with Crippen LogP contribution in [0.15, 0.2) is 35.2 Å². The second kappa shape index (κ2) is 11.4. The second-order valence-corrected chi connectivity index (χ2v) is 11.7. The van der Waals surface area contributed by atoms with Gasteiger partial charge in [0.2, 0.25) is 0 Å². The van der Waals surface area contributed by atoms with E-state index in [1.165, 1.54) is 0 Å². The number of hydrogen-bond donors (Lipinski definition) is 2. The zero-order chi connectivity index (χ0) is 28.6. The van der Waals surface area contributed by atoms with Crippen LogP contribution in [0.3, 0.4) is 0 Å². The minimum Gasteiger partial charge on any atom is -0.491 e. The molecule has 3 aromatic rings. The highest BCUT2D eigenvalue weighted by molar-refractivity contribution is 6.33. The van der Waals surface area contributed by atoms with Crippen molar-refractivity contribution in [3.63, 3.8) is 0 Å². The van der Waals surface area contributed by atoms with Gasteiger partial charge in [-0.15, -0.1) is 0 Å². The first-order valence-electron chi connectivity index (χ1n) is 13.7. The molecule has 1 aromatic carbocycles. The predicted molar refractivity (Wildman–Crippen MR) is 154 cm³/mol. The number of aliphatic hydroxyl groups is 1. The third kappa shape index (κ3) is 5.55. The number of aryl methyl sites for hydroxylation is 2. The fourth-order valence-corrected chi connectivity index (χ4v) is 6.31. The number of nitrogens with zero attached hydrogens (tertiary/aromatic N) is 4. The SMILES string of the molecule is C=C(OC)N1CC2(CC(Cc3nc(-c4cc(OCC(O)CNC)ccc4Cl)nc(-c4c(C)noc4C)c3C)C2)C1. The molecule has 0 bridgehead atoms. The van der Waals surface area contributed by atoms with Crippen LogP contribution in [0, 0.1) is 32.1 Å². The Morgan fingerprint density at radius 3 is 2.67 bits per heavy atom. The lowest BCUT2D eigenvalue weighted by atomic mass is 9.56. The number of benzene rings is 1. The summed E-state index contributed by atoms with van der Waals surface area (Å²) in [6, 6.07) is 5.40. The van der Waals surface area contributed by atoms with Crippen LogP contribution in [0.5, 0.6) is 5.75 Å². The number of rotatable bonds is 11. The van der Waals surface area contributed by atoms with Crippen molar-refractivity contribution in [2.24, 2.45) is 11.3 Å². The fraction of sp³-hybridized carbons (Fsp3) is 0.500. The van der Waals surface area contributed by atoms with Crippen molar-refractivity contribution in [2.45, 2.75) is 46.1 Å². The summed E-state index contributed by atoms with van der Waals surface area (Å²) in [6.07, 6.45) is 2.53. The lowest BCUT2D eigenvalue weighted by molar-refractivity contribution is -0.0980. The fourth-order valence-electron chi connectivity index (χ4n) is 6.11. The Kier molecular flexibility index (Phi) is 8.08. The van der Waals surface area contributed by atoms with Gasteiger partial charge in [0.1, 0.15) is 24.2 Å². The standard InChI is InChI=1S/C30H38ClN5O4/c1-17-26(9-21-11-30(12-21)15-36(16-30)20(4)38-6)33-29(34-28(17)27-18(2)35-40-19(27)3)24-10-23(7-8-25(24)31)39-14-22(37)13-32-5/h7-8,10,21-22,32,37H,4,9,11-16H2,1-3,5-6H3. The normalized spacial score (nSPS) is 16.9. The van der Waals surface area contributed by atoms with E-state index in [1.54, 1.807) is 26.3 Å². The van der Waals surface area contributed by atoms with Crippen molar-refractivity contribution in [1.82, 2.24) is 25.3 Å². The number of aromatic nitrogens is 3. The summed E-state index contributed by atoms with van der Waals surface area (Å²) in [7, 11) is 3.46. The third-order valence-corrected chi connectivity index (χ3v) is 8.47. The molecule has 2 aliphatic rings. The van der Waals surface area contributed by atoms with Crippen molar-refractivity contribution in [1.29, 1.82) is 0 Å². The molecule has 10 heteroatoms. The first kappa shape index (κ1) is 28.4. The maximum atomic E-state index is 10.1. The minimum absolute atomic E-state index is 0.158. The summed E-state index contributed by atoms with van der Waals surface area (Å²) in [6.45, 7) is 12.5. The second-order valence-electron chi connectivity index (χ2n) is 11.3. The number of likely N-dealkylation sites (tertiary alicyclic amines) is 1. The first-order chi connectivity index (χ1) is 19.1. The van der Waals surface area contributed by atoms with Gasteiger partial charge in [-0.3, -0.25) is 0 Å². The molecule has 1 aliphatic carbocycles. The van der Waals surface area contributed by atoms with Crippen LogP contribution in [0.1, 0.15) is 35.6 Å². The topological polar surface area (TPSA) is 106 Å². The molecule has 0 radical (unpaired) electrons. The van der Waals surface area contributed by atoms with E-state index in [1.807, 2.05) is 19.9 Å². The van der Waals surface area contributed by atoms with Gasteiger partial charge in [-0.1, -0.05) is 16.8 Å². The van der Waals surface area contributed by atoms with Crippen LogP contribution in [0.25, 0.3) is 22.6 Å². The summed E-state index contributed by atoms with van der Waals surface area (Å²) in [4.78, 5) is 12.3. The summed E-state index contributed by atoms with van der Waals surface area (Å²) in [5, 5.41) is 17.7. The number of nitrogens with one attached hydrogen (secondary N) is 1. The molecule has 214 valence electrons. The number of ether oxygens (including phenoxy) is 2. The van der Waals surface area contributed by atoms with E-state index < -0.39 is 6.10 Å². The van der Waals surface area contributed by atoms with E-state index in [0.717, 1.165) is 66.4 Å².